The van der Waals surface area contributed by atoms with Crippen molar-refractivity contribution in [1.29, 1.82) is 0 Å². The second-order valence-corrected chi connectivity index (χ2v) is 6.28. The smallest absolute Gasteiger partial charge is 0.0589 e. The van der Waals surface area contributed by atoms with Crippen molar-refractivity contribution in [2.45, 2.75) is 46.8 Å². The Labute approximate surface area is 129 Å². The van der Waals surface area contributed by atoms with Crippen LogP contribution in [0.2, 0.25) is 0 Å². The quantitative estimate of drug-likeness (QED) is 0.720. The Morgan fingerprint density at radius 2 is 1.90 bits per heavy atom. The summed E-state index contributed by atoms with van der Waals surface area (Å²) < 4.78 is 5.21. The number of hydrogen-bond acceptors (Lipinski definition) is 4. The average molecular weight is 293 g/mol. The van der Waals surface area contributed by atoms with Gasteiger partial charge < -0.3 is 10.1 Å². The van der Waals surface area contributed by atoms with E-state index >= 15 is 0 Å². The van der Waals surface area contributed by atoms with Gasteiger partial charge in [0.25, 0.3) is 0 Å². The van der Waals surface area contributed by atoms with Crippen molar-refractivity contribution in [3.05, 3.63) is 29.6 Å². The first kappa shape index (κ1) is 18.1. The van der Waals surface area contributed by atoms with Gasteiger partial charge in [0.1, 0.15) is 0 Å². The Morgan fingerprint density at radius 3 is 2.52 bits per heavy atom. The molecule has 1 aromatic rings. The average Bonchev–Trinajstić information content (AvgIpc) is 2.42. The van der Waals surface area contributed by atoms with Crippen molar-refractivity contribution in [3.63, 3.8) is 0 Å². The highest BCUT2D eigenvalue weighted by molar-refractivity contribution is 5.11. The van der Waals surface area contributed by atoms with E-state index in [1.165, 1.54) is 0 Å². The number of nitrogens with one attached hydrogen (secondary N) is 1. The number of aromatic nitrogens is 1. The first-order valence-electron chi connectivity index (χ1n) is 7.90. The number of methoxy groups -OCH3 is 1. The van der Waals surface area contributed by atoms with Crippen LogP contribution in [0.5, 0.6) is 0 Å². The van der Waals surface area contributed by atoms with E-state index in [2.05, 4.69) is 56.1 Å². The van der Waals surface area contributed by atoms with Crippen molar-refractivity contribution < 1.29 is 4.74 Å². The van der Waals surface area contributed by atoms with E-state index in [1.807, 2.05) is 0 Å². The molecular weight excluding hydrogens is 262 g/mol. The zero-order valence-corrected chi connectivity index (χ0v) is 14.2. The summed E-state index contributed by atoms with van der Waals surface area (Å²) in [6, 6.07) is 6.78. The normalized spacial score (nSPS) is 11.8. The van der Waals surface area contributed by atoms with E-state index < -0.39 is 0 Å². The number of rotatable bonds is 10. The van der Waals surface area contributed by atoms with Crippen LogP contribution in [-0.4, -0.2) is 42.7 Å². The fraction of sp³-hybridized carbons (Fsp3) is 0.706. The van der Waals surface area contributed by atoms with Gasteiger partial charge >= 0.3 is 0 Å². The van der Waals surface area contributed by atoms with Crippen molar-refractivity contribution in [1.82, 2.24) is 15.2 Å². The van der Waals surface area contributed by atoms with Crippen LogP contribution in [0.25, 0.3) is 0 Å². The Kier molecular flexibility index (Phi) is 8.50. The number of pyridine rings is 1. The summed E-state index contributed by atoms with van der Waals surface area (Å²) in [6.07, 6.45) is 0. The molecule has 120 valence electrons. The number of ether oxygens (including phenoxy) is 1. The first-order chi connectivity index (χ1) is 10.0. The van der Waals surface area contributed by atoms with Gasteiger partial charge in [0.05, 0.1) is 18.0 Å². The first-order valence-corrected chi connectivity index (χ1v) is 7.90. The summed E-state index contributed by atoms with van der Waals surface area (Å²) in [5.74, 6) is 0.646. The van der Waals surface area contributed by atoms with E-state index in [0.29, 0.717) is 12.0 Å². The van der Waals surface area contributed by atoms with Gasteiger partial charge in [-0.15, -0.1) is 0 Å². The molecule has 0 fully saturated rings. The summed E-state index contributed by atoms with van der Waals surface area (Å²) in [4.78, 5) is 7.17. The second-order valence-electron chi connectivity index (χ2n) is 6.28. The summed E-state index contributed by atoms with van der Waals surface area (Å²) >= 11 is 0. The second kappa shape index (κ2) is 9.87. The van der Waals surface area contributed by atoms with Crippen LogP contribution in [0.15, 0.2) is 18.2 Å². The van der Waals surface area contributed by atoms with Crippen molar-refractivity contribution in [2.75, 3.05) is 26.8 Å². The van der Waals surface area contributed by atoms with E-state index in [0.717, 1.165) is 44.2 Å². The molecule has 1 rings (SSSR count). The lowest BCUT2D eigenvalue weighted by Gasteiger charge is -2.23. The monoisotopic (exact) mass is 293 g/mol. The van der Waals surface area contributed by atoms with Gasteiger partial charge in [-0.2, -0.15) is 0 Å². The van der Waals surface area contributed by atoms with Crippen LogP contribution in [0, 0.1) is 5.92 Å². The molecule has 1 aromatic heterocycles. The van der Waals surface area contributed by atoms with Crippen LogP contribution in [0.3, 0.4) is 0 Å². The standard InChI is InChI=1S/C17H31N3O/c1-14(2)12-20(9-10-21-5)13-17-8-6-7-16(19-17)11-18-15(3)4/h6-8,14-15,18H,9-13H2,1-5H3. The molecule has 0 aliphatic rings. The minimum absolute atomic E-state index is 0.481. The maximum Gasteiger partial charge on any atom is 0.0589 e. The lowest BCUT2D eigenvalue weighted by Crippen LogP contribution is -2.31. The molecule has 4 nitrogen and oxygen atoms in total. The molecule has 0 bridgehead atoms. The minimum atomic E-state index is 0.481. The summed E-state index contributed by atoms with van der Waals surface area (Å²) in [5.41, 5.74) is 2.24. The molecular formula is C17H31N3O. The van der Waals surface area contributed by atoms with Gasteiger partial charge in [0, 0.05) is 39.3 Å². The third-order valence-electron chi connectivity index (χ3n) is 3.18. The molecule has 0 spiro atoms. The van der Waals surface area contributed by atoms with Gasteiger partial charge in [-0.1, -0.05) is 33.8 Å². The predicted molar refractivity (Wildman–Crippen MR) is 88.2 cm³/mol. The molecule has 0 aliphatic carbocycles. The molecule has 0 saturated carbocycles. The fourth-order valence-electron chi connectivity index (χ4n) is 2.23. The van der Waals surface area contributed by atoms with Crippen LogP contribution in [-0.2, 0) is 17.8 Å². The number of nitrogens with zero attached hydrogens (tertiary/aromatic N) is 2. The molecule has 1 N–H and O–H groups in total. The third-order valence-corrected chi connectivity index (χ3v) is 3.18. The lowest BCUT2D eigenvalue weighted by atomic mass is 10.2. The minimum Gasteiger partial charge on any atom is -0.383 e. The zero-order valence-electron chi connectivity index (χ0n) is 14.2. The highest BCUT2D eigenvalue weighted by Gasteiger charge is 2.09. The van der Waals surface area contributed by atoms with Crippen molar-refractivity contribution in [2.24, 2.45) is 5.92 Å². The molecule has 0 amide bonds. The lowest BCUT2D eigenvalue weighted by molar-refractivity contribution is 0.135. The fourth-order valence-corrected chi connectivity index (χ4v) is 2.23. The van der Waals surface area contributed by atoms with Gasteiger partial charge in [-0.05, 0) is 18.1 Å². The van der Waals surface area contributed by atoms with Crippen LogP contribution in [0.4, 0.5) is 0 Å². The maximum absolute atomic E-state index is 5.21. The largest absolute Gasteiger partial charge is 0.383 e. The molecule has 0 radical (unpaired) electrons. The van der Waals surface area contributed by atoms with Gasteiger partial charge in [0.15, 0.2) is 0 Å². The zero-order chi connectivity index (χ0) is 15.7. The van der Waals surface area contributed by atoms with E-state index in [1.54, 1.807) is 7.11 Å². The Bertz CT molecular complexity index is 393. The van der Waals surface area contributed by atoms with E-state index in [-0.39, 0.29) is 0 Å². The summed E-state index contributed by atoms with van der Waals surface area (Å²) in [7, 11) is 1.75. The van der Waals surface area contributed by atoms with Gasteiger partial charge in [-0.25, -0.2) is 0 Å². The topological polar surface area (TPSA) is 37.4 Å². The molecule has 0 aromatic carbocycles. The Balaban J connectivity index is 2.62. The summed E-state index contributed by atoms with van der Waals surface area (Å²) in [6.45, 7) is 13.3. The van der Waals surface area contributed by atoms with E-state index in [4.69, 9.17) is 9.72 Å². The molecule has 21 heavy (non-hydrogen) atoms. The van der Waals surface area contributed by atoms with Crippen molar-refractivity contribution in [3.8, 4) is 0 Å². The maximum atomic E-state index is 5.21. The molecule has 0 atom stereocenters. The third kappa shape index (κ3) is 8.15. The van der Waals surface area contributed by atoms with Crippen LogP contribution in [0.1, 0.15) is 39.1 Å². The van der Waals surface area contributed by atoms with Crippen LogP contribution >= 0.6 is 0 Å². The van der Waals surface area contributed by atoms with E-state index in [9.17, 15) is 0 Å². The number of hydrogen-bond donors (Lipinski definition) is 1. The Hall–Kier alpha value is -0.970. The highest BCUT2D eigenvalue weighted by atomic mass is 16.5. The Morgan fingerprint density at radius 1 is 1.19 bits per heavy atom. The molecule has 1 heterocycles. The SMILES string of the molecule is COCCN(Cc1cccc(CNC(C)C)n1)CC(C)C. The van der Waals surface area contributed by atoms with Gasteiger partial charge in [0.2, 0.25) is 0 Å². The van der Waals surface area contributed by atoms with Crippen LogP contribution < -0.4 is 5.32 Å². The van der Waals surface area contributed by atoms with Gasteiger partial charge in [-0.3, -0.25) is 9.88 Å². The molecule has 0 unspecified atom stereocenters. The molecule has 0 aliphatic heterocycles. The molecule has 0 saturated heterocycles. The molecule has 4 heteroatoms. The predicted octanol–water partition coefficient (Wildman–Crippen LogP) is 2.68. The highest BCUT2D eigenvalue weighted by Crippen LogP contribution is 2.07. The van der Waals surface area contributed by atoms with Crippen molar-refractivity contribution >= 4 is 0 Å². The summed E-state index contributed by atoms with van der Waals surface area (Å²) in [5, 5.41) is 3.41.